The molecule has 1 amide bonds. The number of carbonyl (C=O) groups is 1. The van der Waals surface area contributed by atoms with Crippen LogP contribution in [0.5, 0.6) is 0 Å². The van der Waals surface area contributed by atoms with E-state index in [9.17, 15) is 33.3 Å². The van der Waals surface area contributed by atoms with E-state index in [-0.39, 0.29) is 29.0 Å². The third kappa shape index (κ3) is 4.28. The summed E-state index contributed by atoms with van der Waals surface area (Å²) in [6, 6.07) is -0.850. The molecule has 0 aliphatic heterocycles. The smallest absolute Gasteiger partial charge is 0.390 e. The Morgan fingerprint density at radius 3 is 2.67 bits per heavy atom. The summed E-state index contributed by atoms with van der Waals surface area (Å²) < 4.78 is 38.2. The summed E-state index contributed by atoms with van der Waals surface area (Å²) in [5.74, 6) is 1.13. The zero-order valence-electron chi connectivity index (χ0n) is 15.6. The van der Waals surface area contributed by atoms with Gasteiger partial charge in [0, 0.05) is 17.4 Å². The number of fused-ring (bicyclic) bond motifs is 1. The van der Waals surface area contributed by atoms with E-state index in [2.05, 4.69) is 26.8 Å². The fourth-order valence-corrected chi connectivity index (χ4v) is 3.30. The van der Waals surface area contributed by atoms with Crippen molar-refractivity contribution >= 4 is 22.9 Å². The first-order valence-electron chi connectivity index (χ1n) is 8.77. The lowest BCUT2D eigenvalue weighted by atomic mass is 9.98. The van der Waals surface area contributed by atoms with E-state index in [4.69, 9.17) is 0 Å². The Labute approximate surface area is 168 Å². The lowest BCUT2D eigenvalue weighted by Gasteiger charge is -2.18. The molecule has 4 N–H and O–H groups in total. The predicted molar refractivity (Wildman–Crippen MR) is 97.8 cm³/mol. The van der Waals surface area contributed by atoms with Gasteiger partial charge in [-0.3, -0.25) is 4.79 Å². The van der Waals surface area contributed by atoms with E-state index >= 15 is 0 Å². The van der Waals surface area contributed by atoms with E-state index in [1.54, 1.807) is 5.92 Å². The van der Waals surface area contributed by atoms with Gasteiger partial charge in [0.1, 0.15) is 18.5 Å². The molecule has 0 radical (unpaired) electrons. The number of aromatic nitrogens is 4. The van der Waals surface area contributed by atoms with Crippen LogP contribution in [0.4, 0.5) is 19.0 Å². The van der Waals surface area contributed by atoms with E-state index in [1.807, 2.05) is 0 Å². The summed E-state index contributed by atoms with van der Waals surface area (Å²) in [6.45, 7) is 5.04. The molecule has 1 saturated carbocycles. The molecule has 1 fully saturated rings. The van der Waals surface area contributed by atoms with Crippen molar-refractivity contribution in [3.05, 3.63) is 24.8 Å². The maximum Gasteiger partial charge on any atom is 0.457 e. The van der Waals surface area contributed by atoms with Crippen molar-refractivity contribution in [1.29, 1.82) is 0 Å². The zero-order valence-corrected chi connectivity index (χ0v) is 15.6. The third-order valence-electron chi connectivity index (χ3n) is 4.80. The molecule has 0 bridgehead atoms. The van der Waals surface area contributed by atoms with E-state index < -0.39 is 42.4 Å². The van der Waals surface area contributed by atoms with Crippen LogP contribution in [0.1, 0.15) is 19.4 Å². The van der Waals surface area contributed by atoms with Crippen LogP contribution >= 0.6 is 0 Å². The Morgan fingerprint density at radius 1 is 1.33 bits per heavy atom. The standard InChI is InChI=1S/C18H18F3N5O4/c1-8(2)17(30)25-15-12-16(23-6-22-15)26(7-24-12)10-5-9(13(28)14(10)29)11(27)3-4-18(19,20)21/h6-7,9-11,13-14,27-29H,1,5H2,2H3,(H,22,23,25,30)/t9-,10-,11?,13-,14+/m1/s1. The number of alkyl halides is 3. The number of anilines is 1. The van der Waals surface area contributed by atoms with E-state index in [1.165, 1.54) is 17.8 Å². The predicted octanol–water partition coefficient (Wildman–Crippen LogP) is 0.550. The fraction of sp³-hybridized carbons (Fsp3) is 0.444. The number of hydrogen-bond donors (Lipinski definition) is 4. The number of nitrogens with one attached hydrogen (secondary N) is 1. The maximum atomic E-state index is 12.3. The quantitative estimate of drug-likeness (QED) is 0.415. The van der Waals surface area contributed by atoms with Gasteiger partial charge in [0.05, 0.1) is 18.5 Å². The number of imidazole rings is 1. The summed E-state index contributed by atoms with van der Waals surface area (Å²) in [5.41, 5.74) is 0.664. The van der Waals surface area contributed by atoms with Crippen molar-refractivity contribution in [3.8, 4) is 11.8 Å². The molecule has 1 aliphatic carbocycles. The number of nitrogens with zero attached hydrogens (tertiary/aromatic N) is 4. The molecule has 3 rings (SSSR count). The Bertz CT molecular complexity index is 1040. The van der Waals surface area contributed by atoms with Gasteiger partial charge in [-0.25, -0.2) is 15.0 Å². The van der Waals surface area contributed by atoms with Crippen molar-refractivity contribution in [3.63, 3.8) is 0 Å². The first-order chi connectivity index (χ1) is 14.0. The molecule has 2 aromatic rings. The number of aliphatic hydroxyl groups is 3. The average Bonchev–Trinajstić information content (AvgIpc) is 3.21. The van der Waals surface area contributed by atoms with Crippen molar-refractivity contribution in [2.24, 2.45) is 5.92 Å². The summed E-state index contributed by atoms with van der Waals surface area (Å²) in [4.78, 5) is 24.0. The highest BCUT2D eigenvalue weighted by Gasteiger charge is 2.46. The van der Waals surface area contributed by atoms with Crippen molar-refractivity contribution in [2.45, 2.75) is 43.9 Å². The SMILES string of the molecule is C=C(C)C(=O)Nc1ncnc2c1ncn2[C@@H]1C[C@H](C(O)C#CC(F)(F)F)[C@@H](O)[C@H]1O. The Kier molecular flexibility index (Phi) is 5.80. The number of aliphatic hydroxyl groups excluding tert-OH is 3. The van der Waals surface area contributed by atoms with Gasteiger partial charge >= 0.3 is 6.18 Å². The molecule has 9 nitrogen and oxygen atoms in total. The number of halogens is 3. The monoisotopic (exact) mass is 425 g/mol. The second-order valence-electron chi connectivity index (χ2n) is 6.94. The topological polar surface area (TPSA) is 133 Å². The van der Waals surface area contributed by atoms with Crippen LogP contribution in [-0.4, -0.2) is 65.2 Å². The van der Waals surface area contributed by atoms with Crippen LogP contribution in [0, 0.1) is 17.8 Å². The van der Waals surface area contributed by atoms with Crippen LogP contribution in [0.3, 0.4) is 0 Å². The molecule has 0 spiro atoms. The third-order valence-corrected chi connectivity index (χ3v) is 4.80. The van der Waals surface area contributed by atoms with Gasteiger partial charge in [-0.15, -0.1) is 0 Å². The largest absolute Gasteiger partial charge is 0.457 e. The number of amides is 1. The van der Waals surface area contributed by atoms with Crippen LogP contribution in [0.2, 0.25) is 0 Å². The zero-order chi connectivity index (χ0) is 22.2. The highest BCUT2D eigenvalue weighted by molar-refractivity contribution is 6.05. The molecule has 5 atom stereocenters. The summed E-state index contributed by atoms with van der Waals surface area (Å²) in [5, 5.41) is 33.2. The molecule has 30 heavy (non-hydrogen) atoms. The lowest BCUT2D eigenvalue weighted by Crippen LogP contribution is -2.33. The van der Waals surface area contributed by atoms with Crippen LogP contribution in [0.25, 0.3) is 11.2 Å². The minimum Gasteiger partial charge on any atom is -0.390 e. The fourth-order valence-electron chi connectivity index (χ4n) is 3.30. The number of carbonyl (C=O) groups excluding carboxylic acids is 1. The summed E-state index contributed by atoms with van der Waals surface area (Å²) in [6.07, 6.45) is -7.15. The molecule has 1 unspecified atom stereocenters. The Balaban J connectivity index is 1.89. The summed E-state index contributed by atoms with van der Waals surface area (Å²) >= 11 is 0. The van der Waals surface area contributed by atoms with Crippen molar-refractivity contribution in [1.82, 2.24) is 19.5 Å². The molecule has 2 aromatic heterocycles. The lowest BCUT2D eigenvalue weighted by molar-refractivity contribution is -0.112. The maximum absolute atomic E-state index is 12.3. The van der Waals surface area contributed by atoms with Gasteiger partial charge in [0.2, 0.25) is 0 Å². The average molecular weight is 425 g/mol. The van der Waals surface area contributed by atoms with Gasteiger partial charge in [0.25, 0.3) is 5.91 Å². The molecule has 0 aromatic carbocycles. The van der Waals surface area contributed by atoms with Gasteiger partial charge in [0.15, 0.2) is 17.0 Å². The Morgan fingerprint density at radius 2 is 2.03 bits per heavy atom. The first kappa shape index (κ1) is 21.7. The van der Waals surface area contributed by atoms with Crippen LogP contribution in [-0.2, 0) is 4.79 Å². The van der Waals surface area contributed by atoms with Crippen molar-refractivity contribution in [2.75, 3.05) is 5.32 Å². The number of rotatable bonds is 4. The van der Waals surface area contributed by atoms with E-state index in [0.717, 1.165) is 12.2 Å². The molecular formula is C18H18F3N5O4. The molecule has 160 valence electrons. The highest BCUT2D eigenvalue weighted by atomic mass is 19.4. The molecule has 12 heteroatoms. The second kappa shape index (κ2) is 8.02. The highest BCUT2D eigenvalue weighted by Crippen LogP contribution is 2.38. The molecular weight excluding hydrogens is 407 g/mol. The van der Waals surface area contributed by atoms with Gasteiger partial charge in [-0.2, -0.15) is 13.2 Å². The second-order valence-corrected chi connectivity index (χ2v) is 6.94. The van der Waals surface area contributed by atoms with Gasteiger partial charge < -0.3 is 25.2 Å². The van der Waals surface area contributed by atoms with Crippen LogP contribution in [0.15, 0.2) is 24.8 Å². The van der Waals surface area contributed by atoms with E-state index in [0.29, 0.717) is 0 Å². The number of hydrogen-bond acceptors (Lipinski definition) is 7. The summed E-state index contributed by atoms with van der Waals surface area (Å²) in [7, 11) is 0. The first-order valence-corrected chi connectivity index (χ1v) is 8.77. The van der Waals surface area contributed by atoms with Gasteiger partial charge in [-0.05, 0) is 13.3 Å². The Hall–Kier alpha value is -3.01. The van der Waals surface area contributed by atoms with Crippen LogP contribution < -0.4 is 5.32 Å². The van der Waals surface area contributed by atoms with Gasteiger partial charge in [-0.1, -0.05) is 12.5 Å². The molecule has 2 heterocycles. The molecule has 1 aliphatic rings. The normalized spacial score (nSPS) is 24.9. The minimum absolute atomic E-state index is 0.0844. The molecule has 0 saturated heterocycles. The van der Waals surface area contributed by atoms with Crippen molar-refractivity contribution < 1.29 is 33.3 Å². The minimum atomic E-state index is -4.79.